The van der Waals surface area contributed by atoms with E-state index in [0.29, 0.717) is 29.5 Å². The van der Waals surface area contributed by atoms with Crippen molar-refractivity contribution in [3.63, 3.8) is 0 Å². The molecule has 10 heteroatoms. The molecule has 0 radical (unpaired) electrons. The molecule has 2 rings (SSSR count). The van der Waals surface area contributed by atoms with E-state index in [2.05, 4.69) is 4.74 Å². The lowest BCUT2D eigenvalue weighted by Crippen LogP contribution is -2.34. The van der Waals surface area contributed by atoms with E-state index in [1.54, 1.807) is 18.2 Å². The predicted molar refractivity (Wildman–Crippen MR) is 109 cm³/mol. The Labute approximate surface area is 178 Å². The summed E-state index contributed by atoms with van der Waals surface area (Å²) < 4.78 is 20.3. The molecule has 0 unspecified atom stereocenters. The third kappa shape index (κ3) is 5.99. The first-order valence-electron chi connectivity index (χ1n) is 9.18. The van der Waals surface area contributed by atoms with Gasteiger partial charge in [0.1, 0.15) is 6.54 Å². The fourth-order valence-electron chi connectivity index (χ4n) is 2.43. The molecule has 162 valence electrons. The van der Waals surface area contributed by atoms with Crippen molar-refractivity contribution in [1.82, 2.24) is 4.90 Å². The van der Waals surface area contributed by atoms with Gasteiger partial charge in [0.15, 0.2) is 18.1 Å². The molecule has 0 spiro atoms. The largest absolute Gasteiger partial charge is 0.493 e. The number of nitrogens with zero attached hydrogens (tertiary/aromatic N) is 1. The summed E-state index contributed by atoms with van der Waals surface area (Å²) in [6.45, 7) is 1.39. The van der Waals surface area contributed by atoms with Gasteiger partial charge in [0.05, 0.1) is 25.7 Å². The highest BCUT2D eigenvalue weighted by Gasteiger charge is 2.37. The third-order valence-electron chi connectivity index (χ3n) is 4.00. The van der Waals surface area contributed by atoms with Crippen molar-refractivity contribution >= 4 is 40.9 Å². The monoisotopic (exact) mass is 437 g/mol. The van der Waals surface area contributed by atoms with Crippen LogP contribution in [-0.2, 0) is 23.9 Å². The third-order valence-corrected chi connectivity index (χ3v) is 4.91. The molecule has 2 amide bonds. The summed E-state index contributed by atoms with van der Waals surface area (Å²) in [5, 5.41) is -0.571. The highest BCUT2D eigenvalue weighted by molar-refractivity contribution is 8.18. The van der Waals surface area contributed by atoms with Crippen LogP contribution < -0.4 is 9.47 Å². The van der Waals surface area contributed by atoms with Crippen LogP contribution in [0.3, 0.4) is 0 Å². The first kappa shape index (κ1) is 23.3. The van der Waals surface area contributed by atoms with Crippen LogP contribution in [0.4, 0.5) is 4.79 Å². The fourth-order valence-corrected chi connectivity index (χ4v) is 3.26. The molecule has 0 bridgehead atoms. The molecule has 0 saturated carbocycles. The molecule has 1 saturated heterocycles. The Morgan fingerprint density at radius 1 is 1.17 bits per heavy atom. The van der Waals surface area contributed by atoms with Gasteiger partial charge >= 0.3 is 11.9 Å². The second kappa shape index (κ2) is 11.2. The number of benzene rings is 1. The van der Waals surface area contributed by atoms with Crippen LogP contribution in [0, 0.1) is 0 Å². The molecule has 0 aromatic heterocycles. The van der Waals surface area contributed by atoms with Crippen molar-refractivity contribution in [2.75, 3.05) is 34.0 Å². The van der Waals surface area contributed by atoms with E-state index in [1.165, 1.54) is 20.3 Å². The molecule has 1 heterocycles. The number of hydrogen-bond donors (Lipinski definition) is 0. The smallest absolute Gasteiger partial charge is 0.343 e. The summed E-state index contributed by atoms with van der Waals surface area (Å²) >= 11 is 0.701. The van der Waals surface area contributed by atoms with E-state index in [9.17, 15) is 19.2 Å². The number of thioether (sulfide) groups is 1. The zero-order valence-electron chi connectivity index (χ0n) is 17.0. The van der Waals surface area contributed by atoms with Gasteiger partial charge in [-0.15, -0.1) is 0 Å². The van der Waals surface area contributed by atoms with E-state index in [4.69, 9.17) is 14.2 Å². The maximum absolute atomic E-state index is 12.6. The first-order chi connectivity index (χ1) is 14.4. The van der Waals surface area contributed by atoms with E-state index in [-0.39, 0.29) is 23.9 Å². The molecule has 1 fully saturated rings. The molecule has 9 nitrogen and oxygen atoms in total. The van der Waals surface area contributed by atoms with Gasteiger partial charge in [-0.2, -0.15) is 0 Å². The molecule has 1 aliphatic rings. The Morgan fingerprint density at radius 2 is 1.93 bits per heavy atom. The second-order valence-corrected chi connectivity index (χ2v) is 7.08. The second-order valence-electron chi connectivity index (χ2n) is 6.09. The first-order valence-corrected chi connectivity index (χ1v) is 10.0. The van der Waals surface area contributed by atoms with Crippen LogP contribution >= 0.6 is 11.8 Å². The molecular formula is C20H23NO8S. The van der Waals surface area contributed by atoms with Gasteiger partial charge in [-0.3, -0.25) is 19.3 Å². The van der Waals surface area contributed by atoms with Gasteiger partial charge in [-0.05, 0) is 30.3 Å². The Morgan fingerprint density at radius 3 is 2.60 bits per heavy atom. The summed E-state index contributed by atoms with van der Waals surface area (Å²) in [5.74, 6) is -1.29. The summed E-state index contributed by atoms with van der Waals surface area (Å²) in [6.07, 6.45) is 3.01. The van der Waals surface area contributed by atoms with E-state index >= 15 is 0 Å². The van der Waals surface area contributed by atoms with Crippen LogP contribution in [0.1, 0.15) is 25.3 Å². The van der Waals surface area contributed by atoms with E-state index < -0.39 is 29.6 Å². The number of esters is 2. The molecule has 30 heavy (non-hydrogen) atoms. The fraction of sp³-hybridized carbons (Fsp3) is 0.400. The molecule has 0 atom stereocenters. The van der Waals surface area contributed by atoms with Crippen molar-refractivity contribution in [3.8, 4) is 11.5 Å². The van der Waals surface area contributed by atoms with E-state index in [1.807, 2.05) is 6.92 Å². The van der Waals surface area contributed by atoms with Gasteiger partial charge in [0.25, 0.3) is 11.1 Å². The minimum Gasteiger partial charge on any atom is -0.493 e. The Balaban J connectivity index is 2.20. The lowest BCUT2D eigenvalue weighted by atomic mass is 10.1. The normalized spacial score (nSPS) is 14.8. The van der Waals surface area contributed by atoms with Crippen molar-refractivity contribution in [1.29, 1.82) is 0 Å². The van der Waals surface area contributed by atoms with Crippen molar-refractivity contribution < 1.29 is 38.1 Å². The van der Waals surface area contributed by atoms with Crippen LogP contribution in [0.15, 0.2) is 23.1 Å². The van der Waals surface area contributed by atoms with Crippen LogP contribution in [0.2, 0.25) is 0 Å². The SMILES string of the molecule is CCCCOC(=O)CN1C(=O)S/C(=C/c2cccc(OC)c2OCC(=O)OC)C1=O. The summed E-state index contributed by atoms with van der Waals surface area (Å²) in [5.41, 5.74) is 0.425. The number of carbonyl (C=O) groups excluding carboxylic acids is 4. The van der Waals surface area contributed by atoms with Gasteiger partial charge < -0.3 is 18.9 Å². The average molecular weight is 437 g/mol. The maximum Gasteiger partial charge on any atom is 0.343 e. The summed E-state index contributed by atoms with van der Waals surface area (Å²) in [6, 6.07) is 4.94. The number of methoxy groups -OCH3 is 2. The minimum atomic E-state index is -0.643. The Hall–Kier alpha value is -3.01. The average Bonchev–Trinajstić information content (AvgIpc) is 2.99. The maximum atomic E-state index is 12.6. The minimum absolute atomic E-state index is 0.109. The Bertz CT molecular complexity index is 851. The molecule has 1 aliphatic heterocycles. The number of unbranched alkanes of at least 4 members (excludes halogenated alkanes) is 1. The van der Waals surface area contributed by atoms with Gasteiger partial charge in [-0.1, -0.05) is 25.5 Å². The highest BCUT2D eigenvalue weighted by Crippen LogP contribution is 2.37. The van der Waals surface area contributed by atoms with Gasteiger partial charge in [0.2, 0.25) is 0 Å². The summed E-state index contributed by atoms with van der Waals surface area (Å²) in [7, 11) is 2.67. The van der Waals surface area contributed by atoms with Crippen molar-refractivity contribution in [2.24, 2.45) is 0 Å². The zero-order valence-corrected chi connectivity index (χ0v) is 17.8. The quantitative estimate of drug-likeness (QED) is 0.310. The van der Waals surface area contributed by atoms with Gasteiger partial charge in [0, 0.05) is 5.56 Å². The number of ether oxygens (including phenoxy) is 4. The lowest BCUT2D eigenvalue weighted by Gasteiger charge is -2.13. The lowest BCUT2D eigenvalue weighted by molar-refractivity contribution is -0.146. The number of hydrogen-bond acceptors (Lipinski definition) is 9. The topological polar surface area (TPSA) is 108 Å². The summed E-state index contributed by atoms with van der Waals surface area (Å²) in [4.78, 5) is 49.1. The number of imide groups is 1. The number of para-hydroxylation sites is 1. The van der Waals surface area contributed by atoms with Crippen LogP contribution in [0.25, 0.3) is 6.08 Å². The molecular weight excluding hydrogens is 414 g/mol. The zero-order chi connectivity index (χ0) is 22.1. The predicted octanol–water partition coefficient (Wildman–Crippen LogP) is 2.63. The van der Waals surface area contributed by atoms with Crippen LogP contribution in [0.5, 0.6) is 11.5 Å². The molecule has 0 N–H and O–H groups in total. The van der Waals surface area contributed by atoms with Gasteiger partial charge in [-0.25, -0.2) is 4.79 Å². The number of amides is 2. The molecule has 0 aliphatic carbocycles. The van der Waals surface area contributed by atoms with E-state index in [0.717, 1.165) is 11.3 Å². The molecule has 1 aromatic carbocycles. The Kier molecular flexibility index (Phi) is 8.72. The van der Waals surface area contributed by atoms with Crippen molar-refractivity contribution in [2.45, 2.75) is 19.8 Å². The number of carbonyl (C=O) groups is 4. The standard InChI is InChI=1S/C20H23NO8S/c1-4-5-9-28-16(22)11-21-19(24)15(30-20(21)25)10-13-7-6-8-14(26-2)18(13)29-12-17(23)27-3/h6-8,10H,4-5,9,11-12H2,1-3H3/b15-10+. The number of rotatable bonds is 10. The highest BCUT2D eigenvalue weighted by atomic mass is 32.2. The molecule has 1 aromatic rings. The van der Waals surface area contributed by atoms with Crippen LogP contribution in [-0.4, -0.2) is 62.0 Å². The van der Waals surface area contributed by atoms with Crippen molar-refractivity contribution in [3.05, 3.63) is 28.7 Å².